The normalized spacial score (nSPS) is 12.4. The molecule has 0 atom stereocenters. The van der Waals surface area contributed by atoms with Crippen molar-refractivity contribution in [3.05, 3.63) is 132 Å². The van der Waals surface area contributed by atoms with Crippen LogP contribution in [0.5, 0.6) is 23.0 Å². The predicted octanol–water partition coefficient (Wildman–Crippen LogP) is 6.11. The second kappa shape index (κ2) is 14.7. The van der Waals surface area contributed by atoms with Gasteiger partial charge in [0.05, 0.1) is 0 Å². The second-order valence-electron chi connectivity index (χ2n) is 7.92. The maximum atomic E-state index is 6.04. The SMILES string of the molecule is [Y].[Y].c1ccc([CH-]c2ccc3c(c2)OCCOc2ccc([CH-]c4ccccc4)cc2OCCO3)cc1. The summed E-state index contributed by atoms with van der Waals surface area (Å²) in [6.07, 6.45) is 4.22. The van der Waals surface area contributed by atoms with Crippen molar-refractivity contribution < 1.29 is 84.4 Å². The van der Waals surface area contributed by atoms with E-state index in [1.165, 1.54) is 0 Å². The standard InChI is InChI=1S/C30H26O4.2Y/c1-3-7-23(8-4-1)19-25-11-13-27-29(21-25)33-17-15-32-28-14-12-26(20-24-9-5-2-6-10-24)22-30(28)34-18-16-31-27;;/h1-14,19-22H,15-18H2;;/q-2;;. The van der Waals surface area contributed by atoms with Gasteiger partial charge in [-0.05, 0) is 12.1 Å². The summed E-state index contributed by atoms with van der Waals surface area (Å²) in [6.45, 7) is 1.57. The molecule has 6 heteroatoms. The number of ether oxygens (including phenoxy) is 4. The first-order valence-electron chi connectivity index (χ1n) is 11.4. The van der Waals surface area contributed by atoms with Crippen molar-refractivity contribution in [3.63, 3.8) is 0 Å². The Kier molecular flexibility index (Phi) is 11.7. The summed E-state index contributed by atoms with van der Waals surface area (Å²) >= 11 is 0. The Bertz CT molecular complexity index is 1120. The quantitative estimate of drug-likeness (QED) is 0.256. The number of hydrogen-bond donors (Lipinski definition) is 0. The molecule has 0 saturated carbocycles. The zero-order chi connectivity index (χ0) is 23.0. The molecule has 0 aromatic heterocycles. The van der Waals surface area contributed by atoms with E-state index in [4.69, 9.17) is 18.9 Å². The largest absolute Gasteiger partial charge is 0.494 e. The predicted molar refractivity (Wildman–Crippen MR) is 133 cm³/mol. The van der Waals surface area contributed by atoms with Crippen molar-refractivity contribution in [2.75, 3.05) is 26.4 Å². The molecule has 0 aliphatic carbocycles. The van der Waals surface area contributed by atoms with Crippen LogP contribution < -0.4 is 18.9 Å². The first-order valence-corrected chi connectivity index (χ1v) is 11.4. The van der Waals surface area contributed by atoms with Gasteiger partial charge in [0.1, 0.15) is 49.4 Å². The van der Waals surface area contributed by atoms with E-state index in [9.17, 15) is 0 Å². The van der Waals surface area contributed by atoms with Crippen LogP contribution >= 0.6 is 0 Å². The Labute approximate surface area is 263 Å². The topological polar surface area (TPSA) is 36.9 Å². The van der Waals surface area contributed by atoms with Crippen LogP contribution in [0.2, 0.25) is 0 Å². The van der Waals surface area contributed by atoms with Crippen LogP contribution in [0.3, 0.4) is 0 Å². The van der Waals surface area contributed by atoms with Crippen molar-refractivity contribution in [1.82, 2.24) is 0 Å². The minimum atomic E-state index is 0. The summed E-state index contributed by atoms with van der Waals surface area (Å²) in [6, 6.07) is 32.3. The average Bonchev–Trinajstić information content (AvgIpc) is 2.87. The third-order valence-corrected chi connectivity index (χ3v) is 5.40. The van der Waals surface area contributed by atoms with Crippen LogP contribution in [0.25, 0.3) is 0 Å². The fraction of sp³-hybridized carbons (Fsp3) is 0.133. The van der Waals surface area contributed by atoms with E-state index in [2.05, 4.69) is 37.1 Å². The maximum Gasteiger partial charge on any atom is 0.146 e. The van der Waals surface area contributed by atoms with Gasteiger partial charge in [0.2, 0.25) is 0 Å². The third-order valence-electron chi connectivity index (χ3n) is 5.40. The molecule has 4 aromatic rings. The zero-order valence-electron chi connectivity index (χ0n) is 20.0. The van der Waals surface area contributed by atoms with Crippen LogP contribution in [-0.4, -0.2) is 26.4 Å². The summed E-state index contributed by atoms with van der Waals surface area (Å²) in [5.41, 5.74) is 4.36. The molecule has 0 N–H and O–H groups in total. The summed E-state index contributed by atoms with van der Waals surface area (Å²) in [5.74, 6) is 2.78. The van der Waals surface area contributed by atoms with Gasteiger partial charge in [-0.15, -0.1) is 71.5 Å². The number of fused-ring (bicyclic) bond motifs is 2. The number of hydrogen-bond acceptors (Lipinski definition) is 4. The van der Waals surface area contributed by atoms with Gasteiger partial charge in [-0.2, -0.15) is 0 Å². The van der Waals surface area contributed by atoms with E-state index in [1.807, 2.05) is 72.8 Å². The maximum absolute atomic E-state index is 6.04. The molecule has 0 spiro atoms. The molecule has 178 valence electrons. The fourth-order valence-electron chi connectivity index (χ4n) is 3.78. The molecule has 4 aromatic carbocycles. The van der Waals surface area contributed by atoms with E-state index in [0.29, 0.717) is 49.4 Å². The van der Waals surface area contributed by atoms with Crippen molar-refractivity contribution in [2.24, 2.45) is 0 Å². The van der Waals surface area contributed by atoms with Gasteiger partial charge in [0, 0.05) is 65.4 Å². The van der Waals surface area contributed by atoms with Gasteiger partial charge in [-0.25, -0.2) is 0 Å². The molecule has 5 rings (SSSR count). The average molecular weight is 628 g/mol. The Morgan fingerprint density at radius 1 is 0.389 bits per heavy atom. The molecule has 1 heterocycles. The van der Waals surface area contributed by atoms with E-state index >= 15 is 0 Å². The monoisotopic (exact) mass is 628 g/mol. The number of benzene rings is 4. The van der Waals surface area contributed by atoms with Crippen LogP contribution in [0.4, 0.5) is 0 Å². The molecule has 2 radical (unpaired) electrons. The number of rotatable bonds is 4. The van der Waals surface area contributed by atoms with E-state index in [1.54, 1.807) is 0 Å². The minimum absolute atomic E-state index is 0. The molecule has 1 aliphatic heterocycles. The summed E-state index contributed by atoms with van der Waals surface area (Å²) in [5, 5.41) is 0. The molecule has 1 aliphatic rings. The van der Waals surface area contributed by atoms with E-state index < -0.39 is 0 Å². The zero-order valence-corrected chi connectivity index (χ0v) is 25.7. The molecular formula is C30H26O4Y2-2. The summed E-state index contributed by atoms with van der Waals surface area (Å²) in [7, 11) is 0. The van der Waals surface area contributed by atoms with Crippen LogP contribution in [0, 0.1) is 12.8 Å². The summed E-state index contributed by atoms with van der Waals surface area (Å²) < 4.78 is 24.1. The van der Waals surface area contributed by atoms with Gasteiger partial charge in [-0.3, -0.25) is 0 Å². The van der Waals surface area contributed by atoms with E-state index in [0.717, 1.165) is 22.3 Å². The molecule has 0 bridgehead atoms. The van der Waals surface area contributed by atoms with Crippen molar-refractivity contribution in [3.8, 4) is 23.0 Å². The van der Waals surface area contributed by atoms with E-state index in [-0.39, 0.29) is 65.4 Å². The fourth-order valence-corrected chi connectivity index (χ4v) is 3.78. The molecule has 0 saturated heterocycles. The van der Waals surface area contributed by atoms with Crippen LogP contribution in [0.1, 0.15) is 22.3 Å². The van der Waals surface area contributed by atoms with Gasteiger partial charge in [0.25, 0.3) is 0 Å². The molecule has 4 nitrogen and oxygen atoms in total. The minimum Gasteiger partial charge on any atom is -0.494 e. The van der Waals surface area contributed by atoms with Gasteiger partial charge in [0.15, 0.2) is 0 Å². The Hall–Kier alpha value is -1.97. The first kappa shape index (κ1) is 28.6. The van der Waals surface area contributed by atoms with Crippen LogP contribution in [-0.2, 0) is 65.4 Å². The molecule has 36 heavy (non-hydrogen) atoms. The first-order chi connectivity index (χ1) is 16.8. The smallest absolute Gasteiger partial charge is 0.146 e. The summed E-state index contributed by atoms with van der Waals surface area (Å²) in [4.78, 5) is 0. The third kappa shape index (κ3) is 8.01. The van der Waals surface area contributed by atoms with Crippen molar-refractivity contribution in [2.45, 2.75) is 0 Å². The Morgan fingerprint density at radius 3 is 1.14 bits per heavy atom. The molecule has 0 unspecified atom stereocenters. The molecule has 0 fully saturated rings. The van der Waals surface area contributed by atoms with Crippen LogP contribution in [0.15, 0.2) is 97.1 Å². The molecule has 0 amide bonds. The Morgan fingerprint density at radius 2 is 0.750 bits per heavy atom. The van der Waals surface area contributed by atoms with Gasteiger partial charge >= 0.3 is 0 Å². The van der Waals surface area contributed by atoms with Gasteiger partial charge < -0.3 is 18.9 Å². The second-order valence-corrected chi connectivity index (χ2v) is 7.92. The van der Waals surface area contributed by atoms with Crippen molar-refractivity contribution in [1.29, 1.82) is 0 Å². The van der Waals surface area contributed by atoms with Crippen molar-refractivity contribution >= 4 is 0 Å². The molecular weight excluding hydrogens is 602 g/mol. The Balaban J connectivity index is 0.00000180. The van der Waals surface area contributed by atoms with Gasteiger partial charge in [-0.1, -0.05) is 48.5 Å².